The molecule has 0 aromatic carbocycles. The topological polar surface area (TPSA) is 80.3 Å². The van der Waals surface area contributed by atoms with Crippen LogP contribution in [-0.2, 0) is 11.8 Å². The van der Waals surface area contributed by atoms with E-state index in [1.807, 2.05) is 31.9 Å². The van der Waals surface area contributed by atoms with Crippen molar-refractivity contribution in [3.8, 4) is 0 Å². The van der Waals surface area contributed by atoms with Crippen molar-refractivity contribution in [2.24, 2.45) is 7.05 Å². The molecule has 25 heavy (non-hydrogen) atoms. The quantitative estimate of drug-likeness (QED) is 0.891. The van der Waals surface area contributed by atoms with Crippen LogP contribution in [0.15, 0.2) is 12.1 Å². The van der Waals surface area contributed by atoms with E-state index in [4.69, 9.17) is 10.7 Å². The smallest absolute Gasteiger partial charge is 0.236 e. The number of piperidine rings is 1. The highest BCUT2D eigenvalue weighted by Gasteiger charge is 2.25. The van der Waals surface area contributed by atoms with E-state index < -0.39 is 0 Å². The van der Waals surface area contributed by atoms with Crippen LogP contribution in [0.4, 0.5) is 5.82 Å². The Balaban J connectivity index is 1.73. The number of aromatic nitrogens is 3. The van der Waals surface area contributed by atoms with Gasteiger partial charge in [0, 0.05) is 38.3 Å². The second-order valence-electron chi connectivity index (χ2n) is 6.76. The van der Waals surface area contributed by atoms with Crippen LogP contribution in [0, 0.1) is 0 Å². The van der Waals surface area contributed by atoms with Crippen LogP contribution in [0.3, 0.4) is 0 Å². The van der Waals surface area contributed by atoms with Crippen molar-refractivity contribution in [1.82, 2.24) is 24.6 Å². The highest BCUT2D eigenvalue weighted by atomic mass is 16.2. The van der Waals surface area contributed by atoms with Gasteiger partial charge in [0.25, 0.3) is 0 Å². The Morgan fingerprint density at radius 2 is 2.12 bits per heavy atom. The molecule has 1 unspecified atom stereocenters. The van der Waals surface area contributed by atoms with Gasteiger partial charge >= 0.3 is 0 Å². The van der Waals surface area contributed by atoms with E-state index in [1.165, 1.54) is 0 Å². The fourth-order valence-electron chi connectivity index (χ4n) is 3.71. The van der Waals surface area contributed by atoms with E-state index in [2.05, 4.69) is 16.1 Å². The SMILES string of the molecule is CCN(CC)C(=O)CN1CCCC(c2ccc3c(N)nn(C)c3n2)C1. The summed E-state index contributed by atoms with van der Waals surface area (Å²) in [6.07, 6.45) is 2.19. The number of carbonyl (C=O) groups is 1. The molecule has 0 bridgehead atoms. The summed E-state index contributed by atoms with van der Waals surface area (Å²) in [6.45, 7) is 7.94. The van der Waals surface area contributed by atoms with Gasteiger partial charge in [-0.15, -0.1) is 0 Å². The van der Waals surface area contributed by atoms with Gasteiger partial charge in [0.2, 0.25) is 5.91 Å². The highest BCUT2D eigenvalue weighted by Crippen LogP contribution is 2.28. The van der Waals surface area contributed by atoms with Crippen molar-refractivity contribution in [1.29, 1.82) is 0 Å². The number of anilines is 1. The lowest BCUT2D eigenvalue weighted by Crippen LogP contribution is -2.43. The zero-order valence-electron chi connectivity index (χ0n) is 15.4. The number of pyridine rings is 1. The third-order valence-electron chi connectivity index (χ3n) is 5.14. The standard InChI is InChI=1S/C18H28N6O/c1-4-24(5-2)16(25)12-23-10-6-7-13(11-23)15-9-8-14-17(19)21-22(3)18(14)20-15/h8-9,13H,4-7,10-12H2,1-3H3,(H2,19,21). The number of nitrogens with two attached hydrogens (primary N) is 1. The molecule has 7 heteroatoms. The van der Waals surface area contributed by atoms with E-state index in [0.717, 1.165) is 55.7 Å². The third-order valence-corrected chi connectivity index (χ3v) is 5.14. The lowest BCUT2D eigenvalue weighted by Gasteiger charge is -2.33. The Kier molecular flexibility index (Phi) is 5.22. The molecular formula is C18H28N6O. The maximum atomic E-state index is 12.4. The molecule has 0 aliphatic carbocycles. The highest BCUT2D eigenvalue weighted by molar-refractivity contribution is 5.86. The Hall–Kier alpha value is -2.15. The second kappa shape index (κ2) is 7.39. The average molecular weight is 344 g/mol. The van der Waals surface area contributed by atoms with Crippen LogP contribution in [-0.4, -0.2) is 63.2 Å². The molecule has 136 valence electrons. The molecule has 3 rings (SSSR count). The van der Waals surface area contributed by atoms with Gasteiger partial charge in [0.05, 0.1) is 11.9 Å². The summed E-state index contributed by atoms with van der Waals surface area (Å²) in [5.74, 6) is 1.08. The van der Waals surface area contributed by atoms with Crippen molar-refractivity contribution in [2.45, 2.75) is 32.6 Å². The number of nitrogens with zero attached hydrogens (tertiary/aromatic N) is 5. The summed E-state index contributed by atoms with van der Waals surface area (Å²) in [7, 11) is 1.87. The summed E-state index contributed by atoms with van der Waals surface area (Å²) >= 11 is 0. The van der Waals surface area contributed by atoms with Crippen molar-refractivity contribution in [3.05, 3.63) is 17.8 Å². The Bertz CT molecular complexity index is 751. The molecule has 1 fully saturated rings. The van der Waals surface area contributed by atoms with Gasteiger partial charge in [-0.05, 0) is 45.4 Å². The number of rotatable bonds is 5. The van der Waals surface area contributed by atoms with Crippen LogP contribution < -0.4 is 5.73 Å². The first kappa shape index (κ1) is 17.7. The van der Waals surface area contributed by atoms with Crippen LogP contribution >= 0.6 is 0 Å². The lowest BCUT2D eigenvalue weighted by molar-refractivity contribution is -0.132. The monoisotopic (exact) mass is 344 g/mol. The maximum Gasteiger partial charge on any atom is 0.236 e. The minimum atomic E-state index is 0.216. The van der Waals surface area contributed by atoms with Gasteiger partial charge in [0.15, 0.2) is 11.5 Å². The van der Waals surface area contributed by atoms with E-state index >= 15 is 0 Å². The summed E-state index contributed by atoms with van der Waals surface area (Å²) < 4.78 is 1.73. The molecule has 2 aromatic heterocycles. The zero-order valence-corrected chi connectivity index (χ0v) is 15.4. The van der Waals surface area contributed by atoms with E-state index in [1.54, 1.807) is 4.68 Å². The zero-order chi connectivity index (χ0) is 18.0. The molecular weight excluding hydrogens is 316 g/mol. The predicted octanol–water partition coefficient (Wildman–Crippen LogP) is 1.60. The van der Waals surface area contributed by atoms with Crippen LogP contribution in [0.5, 0.6) is 0 Å². The molecule has 0 spiro atoms. The molecule has 3 heterocycles. The Morgan fingerprint density at radius 1 is 1.36 bits per heavy atom. The van der Waals surface area contributed by atoms with Gasteiger partial charge < -0.3 is 10.6 Å². The fourth-order valence-corrected chi connectivity index (χ4v) is 3.71. The molecule has 2 aromatic rings. The molecule has 2 N–H and O–H groups in total. The van der Waals surface area contributed by atoms with Gasteiger partial charge in [-0.2, -0.15) is 5.10 Å². The first-order valence-electron chi connectivity index (χ1n) is 9.12. The normalized spacial score (nSPS) is 18.6. The van der Waals surface area contributed by atoms with Crippen LogP contribution in [0.25, 0.3) is 11.0 Å². The number of aryl methyl sites for hydroxylation is 1. The van der Waals surface area contributed by atoms with Crippen molar-refractivity contribution >= 4 is 22.8 Å². The van der Waals surface area contributed by atoms with Crippen LogP contribution in [0.2, 0.25) is 0 Å². The van der Waals surface area contributed by atoms with Crippen LogP contribution in [0.1, 0.15) is 38.3 Å². The number of amides is 1. The number of fused-ring (bicyclic) bond motifs is 1. The number of carbonyl (C=O) groups excluding carboxylic acids is 1. The van der Waals surface area contributed by atoms with Gasteiger partial charge in [-0.3, -0.25) is 9.69 Å². The minimum Gasteiger partial charge on any atom is -0.382 e. The summed E-state index contributed by atoms with van der Waals surface area (Å²) in [5.41, 5.74) is 7.81. The number of likely N-dealkylation sites (tertiary alicyclic amines) is 1. The number of likely N-dealkylation sites (N-methyl/N-ethyl adjacent to an activating group) is 1. The second-order valence-corrected chi connectivity index (χ2v) is 6.76. The van der Waals surface area contributed by atoms with Crippen molar-refractivity contribution in [3.63, 3.8) is 0 Å². The van der Waals surface area contributed by atoms with Gasteiger partial charge in [-0.1, -0.05) is 0 Å². The number of hydrogen-bond acceptors (Lipinski definition) is 5. The van der Waals surface area contributed by atoms with E-state index in [0.29, 0.717) is 18.3 Å². The van der Waals surface area contributed by atoms with Gasteiger partial charge in [0.1, 0.15) is 0 Å². The number of nitrogen functional groups attached to an aromatic ring is 1. The summed E-state index contributed by atoms with van der Waals surface area (Å²) in [5, 5.41) is 5.14. The molecule has 0 radical (unpaired) electrons. The maximum absolute atomic E-state index is 12.4. The minimum absolute atomic E-state index is 0.216. The van der Waals surface area contributed by atoms with Crippen molar-refractivity contribution < 1.29 is 4.79 Å². The van der Waals surface area contributed by atoms with E-state index in [-0.39, 0.29) is 5.91 Å². The Labute approximate surface area is 148 Å². The Morgan fingerprint density at radius 3 is 2.84 bits per heavy atom. The number of hydrogen-bond donors (Lipinski definition) is 1. The third kappa shape index (κ3) is 3.61. The van der Waals surface area contributed by atoms with Crippen molar-refractivity contribution in [2.75, 3.05) is 38.5 Å². The summed E-state index contributed by atoms with van der Waals surface area (Å²) in [4.78, 5) is 21.3. The lowest BCUT2D eigenvalue weighted by atomic mass is 9.94. The first-order chi connectivity index (χ1) is 12.0. The average Bonchev–Trinajstić information content (AvgIpc) is 2.90. The molecule has 0 saturated carbocycles. The molecule has 1 atom stereocenters. The van der Waals surface area contributed by atoms with E-state index in [9.17, 15) is 4.79 Å². The molecule has 1 aliphatic rings. The van der Waals surface area contributed by atoms with Gasteiger partial charge in [-0.25, -0.2) is 9.67 Å². The first-order valence-corrected chi connectivity index (χ1v) is 9.12. The fraction of sp³-hybridized carbons (Fsp3) is 0.611. The summed E-state index contributed by atoms with van der Waals surface area (Å²) in [6, 6.07) is 4.07. The predicted molar refractivity (Wildman–Crippen MR) is 99.3 cm³/mol. The molecule has 1 saturated heterocycles. The molecule has 7 nitrogen and oxygen atoms in total. The molecule has 1 aliphatic heterocycles. The largest absolute Gasteiger partial charge is 0.382 e. The molecule has 1 amide bonds.